The molecule has 7 heteroatoms. The van der Waals surface area contributed by atoms with Gasteiger partial charge < -0.3 is 19.1 Å². The monoisotopic (exact) mass is 495 g/mol. The molecule has 0 unspecified atom stereocenters. The standard InChI is InChI=1S/C19H19NO3S.C8H10O.CH4O/c1-4-23-19(22)15-10-20(9-14-8-6-5-7-12(14)2)18-16(17(15)21)13(3)11-24-18;1-7-3-5-8(9-2)6-4-7;1-2/h5-8,10-11H,4,9H2,1-3H3;3-6H,1-2H3;2H,1H3. The molecule has 2 heterocycles. The number of aromatic nitrogens is 1. The first-order chi connectivity index (χ1) is 16.8. The molecule has 0 saturated heterocycles. The maximum atomic E-state index is 12.7. The molecular weight excluding hydrogens is 462 g/mol. The number of carbonyl (C=O) groups is 1. The Hall–Kier alpha value is -3.42. The van der Waals surface area contributed by atoms with E-state index in [-0.39, 0.29) is 17.6 Å². The van der Waals surface area contributed by atoms with Crippen molar-refractivity contribution in [1.82, 2.24) is 4.57 Å². The van der Waals surface area contributed by atoms with Gasteiger partial charge in [0.25, 0.3) is 0 Å². The topological polar surface area (TPSA) is 77.8 Å². The number of hydrogen-bond donors (Lipinski definition) is 1. The number of thiophene rings is 1. The molecule has 4 rings (SSSR count). The fourth-order valence-corrected chi connectivity index (χ4v) is 4.47. The third-order valence-electron chi connectivity index (χ3n) is 5.33. The molecule has 0 spiro atoms. The van der Waals surface area contributed by atoms with E-state index in [1.165, 1.54) is 22.5 Å². The lowest BCUT2D eigenvalue weighted by Crippen LogP contribution is -2.21. The summed E-state index contributed by atoms with van der Waals surface area (Å²) in [6.07, 6.45) is 1.63. The average molecular weight is 496 g/mol. The van der Waals surface area contributed by atoms with Crippen molar-refractivity contribution in [3.8, 4) is 5.75 Å². The molecule has 186 valence electrons. The fraction of sp³-hybridized carbons (Fsp3) is 0.286. The highest BCUT2D eigenvalue weighted by atomic mass is 32.1. The van der Waals surface area contributed by atoms with Gasteiger partial charge in [-0.25, -0.2) is 4.79 Å². The van der Waals surface area contributed by atoms with Crippen molar-refractivity contribution < 1.29 is 19.4 Å². The zero-order valence-electron chi connectivity index (χ0n) is 21.1. The minimum Gasteiger partial charge on any atom is -0.497 e. The van der Waals surface area contributed by atoms with Gasteiger partial charge in [0, 0.05) is 19.9 Å². The molecule has 2 aromatic carbocycles. The van der Waals surface area contributed by atoms with Crippen molar-refractivity contribution in [1.29, 1.82) is 0 Å². The van der Waals surface area contributed by atoms with Crippen LogP contribution in [0.2, 0.25) is 0 Å². The van der Waals surface area contributed by atoms with E-state index in [0.717, 1.165) is 28.8 Å². The third-order valence-corrected chi connectivity index (χ3v) is 6.46. The van der Waals surface area contributed by atoms with Crippen LogP contribution in [0.1, 0.15) is 39.5 Å². The van der Waals surface area contributed by atoms with Gasteiger partial charge in [0.15, 0.2) is 0 Å². The van der Waals surface area contributed by atoms with Crippen LogP contribution in [0.15, 0.2) is 64.9 Å². The highest BCUT2D eigenvalue weighted by Crippen LogP contribution is 2.25. The van der Waals surface area contributed by atoms with E-state index in [0.29, 0.717) is 11.9 Å². The Morgan fingerprint density at radius 1 is 1.00 bits per heavy atom. The normalized spacial score (nSPS) is 10.0. The number of aryl methyl sites for hydroxylation is 3. The summed E-state index contributed by atoms with van der Waals surface area (Å²) in [4.78, 5) is 25.8. The number of nitrogens with zero attached hydrogens (tertiary/aromatic N) is 1. The zero-order chi connectivity index (χ0) is 26.0. The van der Waals surface area contributed by atoms with Crippen LogP contribution in [0.3, 0.4) is 0 Å². The number of benzene rings is 2. The van der Waals surface area contributed by atoms with Gasteiger partial charge in [-0.3, -0.25) is 4.79 Å². The van der Waals surface area contributed by atoms with Crippen LogP contribution in [0.25, 0.3) is 10.2 Å². The summed E-state index contributed by atoms with van der Waals surface area (Å²) in [7, 11) is 2.67. The van der Waals surface area contributed by atoms with Crippen LogP contribution in [-0.2, 0) is 11.3 Å². The Bertz CT molecular complexity index is 1310. The van der Waals surface area contributed by atoms with Gasteiger partial charge in [0.05, 0.1) is 19.1 Å². The molecule has 0 amide bonds. The molecule has 2 aromatic heterocycles. The predicted octanol–water partition coefficient (Wildman–Crippen LogP) is 5.52. The van der Waals surface area contributed by atoms with Gasteiger partial charge in [0.1, 0.15) is 16.1 Å². The number of hydrogen-bond acceptors (Lipinski definition) is 6. The molecule has 6 nitrogen and oxygen atoms in total. The molecule has 1 N–H and O–H groups in total. The van der Waals surface area contributed by atoms with E-state index in [1.54, 1.807) is 20.2 Å². The molecule has 0 aliphatic heterocycles. The summed E-state index contributed by atoms with van der Waals surface area (Å²) in [5, 5.41) is 9.56. The van der Waals surface area contributed by atoms with Crippen LogP contribution in [-0.4, -0.2) is 36.5 Å². The fourth-order valence-electron chi connectivity index (χ4n) is 3.44. The van der Waals surface area contributed by atoms with E-state index >= 15 is 0 Å². The van der Waals surface area contributed by atoms with Crippen LogP contribution in [0.4, 0.5) is 0 Å². The van der Waals surface area contributed by atoms with E-state index in [4.69, 9.17) is 14.6 Å². The van der Waals surface area contributed by atoms with E-state index in [2.05, 4.69) is 26.0 Å². The Balaban J connectivity index is 0.000000329. The predicted molar refractivity (Wildman–Crippen MR) is 143 cm³/mol. The van der Waals surface area contributed by atoms with Crippen molar-refractivity contribution >= 4 is 27.5 Å². The molecule has 0 aliphatic rings. The molecule has 0 radical (unpaired) electrons. The molecule has 35 heavy (non-hydrogen) atoms. The number of ether oxygens (including phenoxy) is 2. The minimum atomic E-state index is -0.562. The van der Waals surface area contributed by atoms with Gasteiger partial charge in [-0.1, -0.05) is 42.0 Å². The summed E-state index contributed by atoms with van der Waals surface area (Å²) >= 11 is 1.52. The molecule has 0 bridgehead atoms. The van der Waals surface area contributed by atoms with Crippen molar-refractivity contribution in [3.05, 3.63) is 98.1 Å². The zero-order valence-corrected chi connectivity index (χ0v) is 21.9. The average Bonchev–Trinajstić information content (AvgIpc) is 3.26. The summed E-state index contributed by atoms with van der Waals surface area (Å²) in [5.74, 6) is 0.356. The Morgan fingerprint density at radius 2 is 1.66 bits per heavy atom. The maximum Gasteiger partial charge on any atom is 0.343 e. The molecular formula is C28H33NO5S. The van der Waals surface area contributed by atoms with Gasteiger partial charge in [-0.05, 0) is 61.9 Å². The highest BCUT2D eigenvalue weighted by molar-refractivity contribution is 7.17. The van der Waals surface area contributed by atoms with Crippen molar-refractivity contribution in [3.63, 3.8) is 0 Å². The van der Waals surface area contributed by atoms with Gasteiger partial charge in [-0.2, -0.15) is 0 Å². The largest absolute Gasteiger partial charge is 0.497 e. The number of carbonyl (C=O) groups excluding carboxylic acids is 1. The number of fused-ring (bicyclic) bond motifs is 1. The number of methoxy groups -OCH3 is 1. The van der Waals surface area contributed by atoms with Crippen LogP contribution < -0.4 is 10.2 Å². The van der Waals surface area contributed by atoms with Crippen LogP contribution in [0.5, 0.6) is 5.75 Å². The number of aliphatic hydroxyl groups is 1. The van der Waals surface area contributed by atoms with Gasteiger partial charge >= 0.3 is 5.97 Å². The van der Waals surface area contributed by atoms with E-state index in [1.807, 2.05) is 53.3 Å². The Morgan fingerprint density at radius 3 is 2.26 bits per heavy atom. The maximum absolute atomic E-state index is 12.7. The lowest BCUT2D eigenvalue weighted by molar-refractivity contribution is 0.0524. The minimum absolute atomic E-state index is 0.0967. The Kier molecular flexibility index (Phi) is 10.7. The summed E-state index contributed by atoms with van der Waals surface area (Å²) in [6, 6.07) is 16.1. The first-order valence-corrected chi connectivity index (χ1v) is 12.1. The quantitative estimate of drug-likeness (QED) is 0.369. The second kappa shape index (κ2) is 13.5. The lowest BCUT2D eigenvalue weighted by Gasteiger charge is -2.13. The number of pyridine rings is 1. The number of aliphatic hydroxyl groups excluding tert-OH is 1. The number of esters is 1. The summed E-state index contributed by atoms with van der Waals surface area (Å²) in [5.41, 5.74) is 4.33. The second-order valence-electron chi connectivity index (χ2n) is 7.76. The van der Waals surface area contributed by atoms with Crippen molar-refractivity contribution in [2.45, 2.75) is 34.2 Å². The van der Waals surface area contributed by atoms with Crippen LogP contribution >= 0.6 is 11.3 Å². The highest BCUT2D eigenvalue weighted by Gasteiger charge is 2.19. The van der Waals surface area contributed by atoms with Gasteiger partial charge in [-0.15, -0.1) is 11.3 Å². The van der Waals surface area contributed by atoms with E-state index < -0.39 is 5.97 Å². The first-order valence-electron chi connectivity index (χ1n) is 11.2. The van der Waals surface area contributed by atoms with Gasteiger partial charge in [0.2, 0.25) is 5.43 Å². The smallest absolute Gasteiger partial charge is 0.343 e. The number of rotatable bonds is 5. The lowest BCUT2D eigenvalue weighted by atomic mass is 10.1. The summed E-state index contributed by atoms with van der Waals surface area (Å²) < 4.78 is 12.0. The summed E-state index contributed by atoms with van der Waals surface area (Å²) in [6.45, 7) is 8.60. The molecule has 0 atom stereocenters. The molecule has 0 aliphatic carbocycles. The van der Waals surface area contributed by atoms with E-state index in [9.17, 15) is 9.59 Å². The molecule has 0 fully saturated rings. The van der Waals surface area contributed by atoms with Crippen molar-refractivity contribution in [2.75, 3.05) is 20.8 Å². The van der Waals surface area contributed by atoms with Crippen molar-refractivity contribution in [2.24, 2.45) is 0 Å². The second-order valence-corrected chi connectivity index (χ2v) is 8.62. The molecule has 4 aromatic rings. The third kappa shape index (κ3) is 7.04. The SMILES string of the molecule is CCOC(=O)c1cn(Cc2ccccc2C)c2scc(C)c2c1=O.CO.COc1ccc(C)cc1. The molecule has 0 saturated carbocycles. The van der Waals surface area contributed by atoms with Crippen LogP contribution in [0, 0.1) is 20.8 Å². The Labute approximate surface area is 210 Å². The first kappa shape index (κ1) is 27.8.